The average molecular weight is 268 g/mol. The molecule has 19 heavy (non-hydrogen) atoms. The Kier molecular flexibility index (Phi) is 5.22. The molecule has 2 fully saturated rings. The van der Waals surface area contributed by atoms with E-state index in [1.807, 2.05) is 0 Å². The van der Waals surface area contributed by atoms with Gasteiger partial charge in [0.05, 0.1) is 0 Å². The first-order chi connectivity index (χ1) is 9.15. The van der Waals surface area contributed by atoms with Crippen molar-refractivity contribution in [1.82, 2.24) is 10.2 Å². The lowest BCUT2D eigenvalue weighted by molar-refractivity contribution is -0.140. The van der Waals surface area contributed by atoms with Gasteiger partial charge in [-0.1, -0.05) is 19.8 Å². The molecule has 0 aromatic rings. The molecule has 0 aromatic carbocycles. The van der Waals surface area contributed by atoms with Gasteiger partial charge in [0.15, 0.2) is 0 Å². The summed E-state index contributed by atoms with van der Waals surface area (Å²) in [5.41, 5.74) is 0.617. The van der Waals surface area contributed by atoms with Crippen molar-refractivity contribution in [3.63, 3.8) is 0 Å². The Labute approximate surface area is 116 Å². The summed E-state index contributed by atoms with van der Waals surface area (Å²) < 4.78 is 0. The van der Waals surface area contributed by atoms with E-state index in [0.717, 1.165) is 26.1 Å². The molecule has 0 bridgehead atoms. The van der Waals surface area contributed by atoms with Gasteiger partial charge in [-0.3, -0.25) is 4.79 Å². The number of nitrogens with one attached hydrogen (secondary N) is 1. The van der Waals surface area contributed by atoms with Crippen LogP contribution in [0.4, 0.5) is 0 Å². The van der Waals surface area contributed by atoms with Gasteiger partial charge in [-0.15, -0.1) is 0 Å². The first-order valence-electron chi connectivity index (χ1n) is 7.84. The number of nitrogens with zero attached hydrogens (tertiary/aromatic N) is 1. The minimum Gasteiger partial charge on any atom is -0.480 e. The van der Waals surface area contributed by atoms with E-state index < -0.39 is 12.0 Å². The Bertz CT molecular complexity index is 291. The maximum Gasteiger partial charge on any atom is 0.322 e. The van der Waals surface area contributed by atoms with E-state index in [-0.39, 0.29) is 0 Å². The molecule has 2 rings (SSSR count). The molecule has 1 heterocycles. The fourth-order valence-electron chi connectivity index (χ4n) is 3.64. The highest BCUT2D eigenvalue weighted by Crippen LogP contribution is 2.45. The fraction of sp³-hybridized carbons (Fsp3) is 0.933. The Morgan fingerprint density at radius 1 is 1.26 bits per heavy atom. The molecule has 2 aliphatic rings. The SMILES string of the molecule is CCCNC(CN1CCC2(CCCC2)CC1)C(=O)O. The van der Waals surface area contributed by atoms with Gasteiger partial charge in [0, 0.05) is 6.54 Å². The van der Waals surface area contributed by atoms with Crippen molar-refractivity contribution in [1.29, 1.82) is 0 Å². The second kappa shape index (κ2) is 6.71. The number of likely N-dealkylation sites (tertiary alicyclic amines) is 1. The predicted molar refractivity (Wildman–Crippen MR) is 76.3 cm³/mol. The van der Waals surface area contributed by atoms with Gasteiger partial charge >= 0.3 is 5.97 Å². The molecule has 0 amide bonds. The summed E-state index contributed by atoms with van der Waals surface area (Å²) in [6, 6.07) is -0.405. The molecule has 2 N–H and O–H groups in total. The summed E-state index contributed by atoms with van der Waals surface area (Å²) in [5.74, 6) is -0.713. The summed E-state index contributed by atoms with van der Waals surface area (Å²) in [5, 5.41) is 12.4. The molecule has 4 nitrogen and oxygen atoms in total. The van der Waals surface area contributed by atoms with Crippen LogP contribution in [0, 0.1) is 5.41 Å². The summed E-state index contributed by atoms with van der Waals surface area (Å²) in [6.45, 7) is 5.67. The number of carboxylic acids is 1. The summed E-state index contributed by atoms with van der Waals surface area (Å²) in [4.78, 5) is 13.6. The molecule has 1 atom stereocenters. The third kappa shape index (κ3) is 3.93. The Balaban J connectivity index is 1.78. The van der Waals surface area contributed by atoms with Crippen molar-refractivity contribution in [3.8, 4) is 0 Å². The number of carbonyl (C=O) groups is 1. The first kappa shape index (κ1) is 14.8. The number of hydrogen-bond acceptors (Lipinski definition) is 3. The first-order valence-corrected chi connectivity index (χ1v) is 7.84. The van der Waals surface area contributed by atoms with Crippen LogP contribution in [-0.4, -0.2) is 48.2 Å². The van der Waals surface area contributed by atoms with E-state index in [4.69, 9.17) is 0 Å². The number of hydrogen-bond donors (Lipinski definition) is 2. The summed E-state index contributed by atoms with van der Waals surface area (Å²) >= 11 is 0. The molecule has 1 unspecified atom stereocenters. The standard InChI is InChI=1S/C15H28N2O2/c1-2-9-16-13(14(18)19)12-17-10-7-15(8-11-17)5-3-4-6-15/h13,16H,2-12H2,1H3,(H,18,19). The summed E-state index contributed by atoms with van der Waals surface area (Å²) in [7, 11) is 0. The molecule has 1 aliphatic heterocycles. The Hall–Kier alpha value is -0.610. The Morgan fingerprint density at radius 2 is 1.89 bits per heavy atom. The average Bonchev–Trinajstić information content (AvgIpc) is 2.85. The van der Waals surface area contributed by atoms with Gasteiger partial charge in [0.25, 0.3) is 0 Å². The van der Waals surface area contributed by atoms with Crippen LogP contribution in [0.1, 0.15) is 51.9 Å². The fourth-order valence-corrected chi connectivity index (χ4v) is 3.64. The highest BCUT2D eigenvalue weighted by Gasteiger charge is 2.37. The van der Waals surface area contributed by atoms with Gasteiger partial charge in [0.2, 0.25) is 0 Å². The molecule has 1 spiro atoms. The van der Waals surface area contributed by atoms with E-state index in [9.17, 15) is 9.90 Å². The van der Waals surface area contributed by atoms with Crippen LogP contribution in [0.5, 0.6) is 0 Å². The van der Waals surface area contributed by atoms with E-state index in [2.05, 4.69) is 17.1 Å². The van der Waals surface area contributed by atoms with Crippen LogP contribution in [0.15, 0.2) is 0 Å². The van der Waals surface area contributed by atoms with Crippen molar-refractivity contribution in [2.45, 2.75) is 57.9 Å². The van der Waals surface area contributed by atoms with Crippen LogP contribution < -0.4 is 5.32 Å². The molecule has 0 aromatic heterocycles. The third-order valence-corrected chi connectivity index (χ3v) is 4.96. The molecule has 1 saturated carbocycles. The highest BCUT2D eigenvalue weighted by molar-refractivity contribution is 5.73. The highest BCUT2D eigenvalue weighted by atomic mass is 16.4. The number of rotatable bonds is 6. The number of piperidine rings is 1. The molecule has 0 radical (unpaired) electrons. The molecule has 4 heteroatoms. The third-order valence-electron chi connectivity index (χ3n) is 4.96. The maximum absolute atomic E-state index is 11.2. The van der Waals surface area contributed by atoms with Gasteiger partial charge in [0.1, 0.15) is 6.04 Å². The van der Waals surface area contributed by atoms with E-state index in [0.29, 0.717) is 12.0 Å². The zero-order valence-corrected chi connectivity index (χ0v) is 12.2. The van der Waals surface area contributed by atoms with Crippen molar-refractivity contribution < 1.29 is 9.90 Å². The Morgan fingerprint density at radius 3 is 2.42 bits per heavy atom. The van der Waals surface area contributed by atoms with Crippen LogP contribution in [0.25, 0.3) is 0 Å². The lowest BCUT2D eigenvalue weighted by Gasteiger charge is -2.40. The van der Waals surface area contributed by atoms with Gasteiger partial charge < -0.3 is 15.3 Å². The predicted octanol–water partition coefficient (Wildman–Crippen LogP) is 2.10. The van der Waals surface area contributed by atoms with Gasteiger partial charge in [-0.05, 0) is 57.2 Å². The van der Waals surface area contributed by atoms with Gasteiger partial charge in [-0.25, -0.2) is 0 Å². The quantitative estimate of drug-likeness (QED) is 0.774. The normalized spacial score (nSPS) is 24.7. The number of aliphatic carboxylic acids is 1. The zero-order chi connectivity index (χ0) is 13.7. The largest absolute Gasteiger partial charge is 0.480 e. The molecular weight excluding hydrogens is 240 g/mol. The molecule has 1 aliphatic carbocycles. The van der Waals surface area contributed by atoms with Crippen LogP contribution >= 0.6 is 0 Å². The minimum absolute atomic E-state index is 0.405. The lowest BCUT2D eigenvalue weighted by atomic mass is 9.77. The minimum atomic E-state index is -0.713. The summed E-state index contributed by atoms with van der Waals surface area (Å²) in [6.07, 6.45) is 9.12. The van der Waals surface area contributed by atoms with Crippen LogP contribution in [-0.2, 0) is 4.79 Å². The zero-order valence-electron chi connectivity index (χ0n) is 12.2. The maximum atomic E-state index is 11.2. The van der Waals surface area contributed by atoms with Gasteiger partial charge in [-0.2, -0.15) is 0 Å². The van der Waals surface area contributed by atoms with E-state index in [1.54, 1.807) is 0 Å². The second-order valence-electron chi connectivity index (χ2n) is 6.35. The molecule has 110 valence electrons. The molecular formula is C15H28N2O2. The van der Waals surface area contributed by atoms with Crippen molar-refractivity contribution in [2.75, 3.05) is 26.2 Å². The van der Waals surface area contributed by atoms with Crippen molar-refractivity contribution in [3.05, 3.63) is 0 Å². The molecule has 1 saturated heterocycles. The number of carboxylic acid groups (broad SMARTS) is 1. The van der Waals surface area contributed by atoms with Crippen molar-refractivity contribution >= 4 is 5.97 Å². The van der Waals surface area contributed by atoms with Crippen LogP contribution in [0.2, 0.25) is 0 Å². The smallest absolute Gasteiger partial charge is 0.322 e. The van der Waals surface area contributed by atoms with Crippen LogP contribution in [0.3, 0.4) is 0 Å². The van der Waals surface area contributed by atoms with E-state index >= 15 is 0 Å². The topological polar surface area (TPSA) is 52.6 Å². The van der Waals surface area contributed by atoms with Crippen molar-refractivity contribution in [2.24, 2.45) is 5.41 Å². The second-order valence-corrected chi connectivity index (χ2v) is 6.35. The monoisotopic (exact) mass is 268 g/mol. The lowest BCUT2D eigenvalue weighted by Crippen LogP contribution is -2.49. The van der Waals surface area contributed by atoms with E-state index in [1.165, 1.54) is 38.5 Å².